The lowest BCUT2D eigenvalue weighted by Crippen LogP contribution is -2.28. The van der Waals surface area contributed by atoms with Crippen LogP contribution in [0.1, 0.15) is 28.7 Å². The molecular weight excluding hydrogens is 294 g/mol. The van der Waals surface area contributed by atoms with Crippen LogP contribution in [0.4, 0.5) is 0 Å². The molecule has 0 fully saturated rings. The average Bonchev–Trinajstić information content (AvgIpc) is 3.02. The highest BCUT2D eigenvalue weighted by molar-refractivity contribution is 5.90. The number of benzene rings is 1. The van der Waals surface area contributed by atoms with Gasteiger partial charge in [-0.1, -0.05) is 29.8 Å². The van der Waals surface area contributed by atoms with E-state index < -0.39 is 0 Å². The standard InChI is InChI=1S/C21H23N3/c1-15-5-6-18(16(2)12-15)14-24-10-7-17(8-11-24)20-13-23-21-19(20)4-3-9-22-21/h3-7,9,12-13H,8,10-11,14H2,1-2H3,(H,22,23). The van der Waals surface area contributed by atoms with Crippen molar-refractivity contribution in [3.63, 3.8) is 0 Å². The van der Waals surface area contributed by atoms with Gasteiger partial charge in [-0.3, -0.25) is 4.90 Å². The van der Waals surface area contributed by atoms with Crippen molar-refractivity contribution in [2.24, 2.45) is 0 Å². The number of nitrogens with one attached hydrogen (secondary N) is 1. The summed E-state index contributed by atoms with van der Waals surface area (Å²) in [6.07, 6.45) is 7.40. The van der Waals surface area contributed by atoms with Crippen LogP contribution in [0.15, 0.2) is 48.8 Å². The van der Waals surface area contributed by atoms with Gasteiger partial charge in [-0.15, -0.1) is 0 Å². The summed E-state index contributed by atoms with van der Waals surface area (Å²) < 4.78 is 0. The number of pyridine rings is 1. The van der Waals surface area contributed by atoms with Crippen molar-refractivity contribution in [2.75, 3.05) is 13.1 Å². The smallest absolute Gasteiger partial charge is 0.137 e. The third kappa shape index (κ3) is 2.87. The van der Waals surface area contributed by atoms with E-state index in [1.165, 1.54) is 33.2 Å². The predicted molar refractivity (Wildman–Crippen MR) is 99.9 cm³/mol. The molecule has 4 rings (SSSR count). The summed E-state index contributed by atoms with van der Waals surface area (Å²) in [6, 6.07) is 10.9. The van der Waals surface area contributed by atoms with Crippen molar-refractivity contribution in [3.05, 3.63) is 71.1 Å². The molecule has 24 heavy (non-hydrogen) atoms. The van der Waals surface area contributed by atoms with Gasteiger partial charge in [0.15, 0.2) is 0 Å². The van der Waals surface area contributed by atoms with E-state index in [9.17, 15) is 0 Å². The molecular formula is C21H23N3. The molecule has 1 aromatic carbocycles. The fraction of sp³-hybridized carbons (Fsp3) is 0.286. The van der Waals surface area contributed by atoms with Gasteiger partial charge in [0.25, 0.3) is 0 Å². The van der Waals surface area contributed by atoms with E-state index in [0.717, 1.165) is 31.7 Å². The minimum absolute atomic E-state index is 0.978. The molecule has 1 aliphatic heterocycles. The minimum atomic E-state index is 0.978. The Bertz CT molecular complexity index is 904. The van der Waals surface area contributed by atoms with Gasteiger partial charge in [0.2, 0.25) is 0 Å². The average molecular weight is 317 g/mol. The van der Waals surface area contributed by atoms with Crippen LogP contribution >= 0.6 is 0 Å². The van der Waals surface area contributed by atoms with Crippen molar-refractivity contribution >= 4 is 16.6 Å². The lowest BCUT2D eigenvalue weighted by atomic mass is 9.98. The maximum absolute atomic E-state index is 4.39. The number of rotatable bonds is 3. The monoisotopic (exact) mass is 317 g/mol. The van der Waals surface area contributed by atoms with E-state index in [-0.39, 0.29) is 0 Å². The van der Waals surface area contributed by atoms with E-state index in [2.05, 4.69) is 65.3 Å². The Morgan fingerprint density at radius 1 is 1.21 bits per heavy atom. The van der Waals surface area contributed by atoms with Crippen LogP contribution in [0.2, 0.25) is 0 Å². The molecule has 0 saturated heterocycles. The van der Waals surface area contributed by atoms with Crippen LogP contribution in [0, 0.1) is 13.8 Å². The van der Waals surface area contributed by atoms with Gasteiger partial charge in [-0.05, 0) is 49.1 Å². The molecule has 0 spiro atoms. The molecule has 0 amide bonds. The van der Waals surface area contributed by atoms with Gasteiger partial charge < -0.3 is 4.98 Å². The largest absolute Gasteiger partial charge is 0.346 e. The van der Waals surface area contributed by atoms with Gasteiger partial charge >= 0.3 is 0 Å². The molecule has 3 heteroatoms. The van der Waals surface area contributed by atoms with Crippen LogP contribution in [-0.2, 0) is 6.54 Å². The quantitative estimate of drug-likeness (QED) is 0.773. The Morgan fingerprint density at radius 2 is 2.12 bits per heavy atom. The second kappa shape index (κ2) is 6.25. The van der Waals surface area contributed by atoms with Gasteiger partial charge in [-0.25, -0.2) is 4.98 Å². The third-order valence-corrected chi connectivity index (χ3v) is 4.98. The Balaban J connectivity index is 1.51. The number of nitrogens with zero attached hydrogens (tertiary/aromatic N) is 2. The maximum Gasteiger partial charge on any atom is 0.137 e. The summed E-state index contributed by atoms with van der Waals surface area (Å²) in [5.41, 5.74) is 7.90. The summed E-state index contributed by atoms with van der Waals surface area (Å²) in [6.45, 7) is 7.52. The predicted octanol–water partition coefficient (Wildman–Crippen LogP) is 4.47. The molecule has 0 aliphatic carbocycles. The van der Waals surface area contributed by atoms with Crippen LogP contribution in [-0.4, -0.2) is 28.0 Å². The number of H-pyrrole nitrogens is 1. The second-order valence-corrected chi connectivity index (χ2v) is 6.75. The van der Waals surface area contributed by atoms with E-state index in [0.29, 0.717) is 0 Å². The molecule has 0 bridgehead atoms. The van der Waals surface area contributed by atoms with Crippen molar-refractivity contribution in [2.45, 2.75) is 26.8 Å². The highest BCUT2D eigenvalue weighted by Crippen LogP contribution is 2.28. The summed E-state index contributed by atoms with van der Waals surface area (Å²) in [4.78, 5) is 10.2. The van der Waals surface area contributed by atoms with Gasteiger partial charge in [0.05, 0.1) is 0 Å². The SMILES string of the molecule is Cc1ccc(CN2CC=C(c3c[nH]c4ncccc34)CC2)c(C)c1. The Morgan fingerprint density at radius 3 is 2.92 bits per heavy atom. The Hall–Kier alpha value is -2.39. The summed E-state index contributed by atoms with van der Waals surface area (Å²) in [5.74, 6) is 0. The van der Waals surface area contributed by atoms with Gasteiger partial charge in [-0.2, -0.15) is 0 Å². The van der Waals surface area contributed by atoms with E-state index in [4.69, 9.17) is 0 Å². The molecule has 1 aliphatic rings. The summed E-state index contributed by atoms with van der Waals surface area (Å²) in [7, 11) is 0. The first kappa shape index (κ1) is 15.2. The molecule has 122 valence electrons. The topological polar surface area (TPSA) is 31.9 Å². The van der Waals surface area contributed by atoms with Crippen LogP contribution in [0.3, 0.4) is 0 Å². The molecule has 0 radical (unpaired) electrons. The van der Waals surface area contributed by atoms with Crippen molar-refractivity contribution in [1.82, 2.24) is 14.9 Å². The highest BCUT2D eigenvalue weighted by Gasteiger charge is 2.16. The number of fused-ring (bicyclic) bond motifs is 1. The van der Waals surface area contributed by atoms with Crippen molar-refractivity contribution in [1.29, 1.82) is 0 Å². The zero-order valence-electron chi connectivity index (χ0n) is 14.3. The summed E-state index contributed by atoms with van der Waals surface area (Å²) in [5, 5.41) is 1.23. The number of hydrogen-bond donors (Lipinski definition) is 1. The molecule has 0 saturated carbocycles. The van der Waals surface area contributed by atoms with E-state index in [1.54, 1.807) is 0 Å². The first-order valence-electron chi connectivity index (χ1n) is 8.61. The molecule has 1 N–H and O–H groups in total. The number of aryl methyl sites for hydroxylation is 2. The zero-order chi connectivity index (χ0) is 16.5. The van der Waals surface area contributed by atoms with Crippen molar-refractivity contribution in [3.8, 4) is 0 Å². The van der Waals surface area contributed by atoms with Crippen LogP contribution < -0.4 is 0 Å². The Labute approximate surface area is 143 Å². The maximum atomic E-state index is 4.39. The Kier molecular flexibility index (Phi) is 3.95. The molecule has 3 aromatic rings. The van der Waals surface area contributed by atoms with Crippen molar-refractivity contribution < 1.29 is 0 Å². The second-order valence-electron chi connectivity index (χ2n) is 6.75. The summed E-state index contributed by atoms with van der Waals surface area (Å²) >= 11 is 0. The molecule has 3 nitrogen and oxygen atoms in total. The minimum Gasteiger partial charge on any atom is -0.346 e. The molecule has 0 atom stereocenters. The highest BCUT2D eigenvalue weighted by atomic mass is 15.1. The molecule has 0 unspecified atom stereocenters. The van der Waals surface area contributed by atoms with Gasteiger partial charge in [0, 0.05) is 43.0 Å². The normalized spacial score (nSPS) is 15.7. The zero-order valence-corrected chi connectivity index (χ0v) is 14.3. The number of aromatic nitrogens is 2. The van der Waals surface area contributed by atoms with Crippen LogP contribution in [0.25, 0.3) is 16.6 Å². The van der Waals surface area contributed by atoms with E-state index >= 15 is 0 Å². The lowest BCUT2D eigenvalue weighted by Gasteiger charge is -2.27. The lowest BCUT2D eigenvalue weighted by molar-refractivity contribution is 0.293. The van der Waals surface area contributed by atoms with E-state index in [1.807, 2.05) is 12.3 Å². The first-order valence-corrected chi connectivity index (χ1v) is 8.61. The fourth-order valence-corrected chi connectivity index (χ4v) is 3.59. The first-order chi connectivity index (χ1) is 11.7. The molecule has 3 heterocycles. The van der Waals surface area contributed by atoms with Crippen LogP contribution in [0.5, 0.6) is 0 Å². The molecule has 2 aromatic heterocycles. The third-order valence-electron chi connectivity index (χ3n) is 4.98. The number of aromatic amines is 1. The number of hydrogen-bond acceptors (Lipinski definition) is 2. The van der Waals surface area contributed by atoms with Gasteiger partial charge in [0.1, 0.15) is 5.65 Å². The fourth-order valence-electron chi connectivity index (χ4n) is 3.59.